The minimum absolute atomic E-state index is 0.0630. The fourth-order valence-electron chi connectivity index (χ4n) is 4.84. The van der Waals surface area contributed by atoms with Gasteiger partial charge in [-0.25, -0.2) is 8.42 Å². The molecule has 0 spiro atoms. The molecule has 0 bridgehead atoms. The Balaban J connectivity index is 1.56. The Labute approximate surface area is 184 Å². The highest BCUT2D eigenvalue weighted by Gasteiger charge is 2.38. The van der Waals surface area contributed by atoms with Gasteiger partial charge in [-0.3, -0.25) is 9.52 Å². The van der Waals surface area contributed by atoms with Crippen LogP contribution in [0.3, 0.4) is 0 Å². The molecule has 166 valence electrons. The number of rotatable bonds is 6. The van der Waals surface area contributed by atoms with Gasteiger partial charge in [0.2, 0.25) is 0 Å². The molecule has 0 radical (unpaired) electrons. The van der Waals surface area contributed by atoms with Crippen molar-refractivity contribution in [1.29, 1.82) is 0 Å². The zero-order chi connectivity index (χ0) is 22.0. The average Bonchev–Trinajstić information content (AvgIpc) is 3.19. The van der Waals surface area contributed by atoms with Crippen molar-refractivity contribution in [3.05, 3.63) is 53.6 Å². The van der Waals surface area contributed by atoms with Gasteiger partial charge >= 0.3 is 0 Å². The lowest BCUT2D eigenvalue weighted by molar-refractivity contribution is 0.0690. The molecule has 1 amide bonds. The van der Waals surface area contributed by atoms with E-state index >= 15 is 0 Å². The van der Waals surface area contributed by atoms with Crippen molar-refractivity contribution >= 4 is 21.6 Å². The van der Waals surface area contributed by atoms with Crippen LogP contribution in [-0.4, -0.2) is 38.4 Å². The number of carbonyl (C=O) groups excluding carboxylic acids is 1. The maximum absolute atomic E-state index is 13.2. The molecule has 1 heterocycles. The molecular formula is C24H30N2O4S. The molecular weight excluding hydrogens is 412 g/mol. The Kier molecular flexibility index (Phi) is 6.23. The molecule has 1 aliphatic heterocycles. The third-order valence-corrected chi connectivity index (χ3v) is 7.94. The summed E-state index contributed by atoms with van der Waals surface area (Å²) in [6.45, 7) is 4.94. The largest absolute Gasteiger partial charge is 0.494 e. The first-order valence-electron chi connectivity index (χ1n) is 11.1. The fraction of sp³-hybridized carbons (Fsp3) is 0.458. The molecule has 2 atom stereocenters. The molecule has 1 saturated heterocycles. The fourth-order valence-corrected chi connectivity index (χ4v) is 6.17. The number of hydrogen-bond donors (Lipinski definition) is 1. The van der Waals surface area contributed by atoms with Crippen LogP contribution in [0.15, 0.2) is 47.4 Å². The first-order chi connectivity index (χ1) is 14.9. The quantitative estimate of drug-likeness (QED) is 0.709. The molecule has 2 aliphatic rings. The average molecular weight is 443 g/mol. The summed E-state index contributed by atoms with van der Waals surface area (Å²) in [7, 11) is -3.83. The highest BCUT2D eigenvalue weighted by molar-refractivity contribution is 7.92. The molecule has 0 aromatic heterocycles. The van der Waals surface area contributed by atoms with E-state index in [2.05, 4.69) is 4.72 Å². The van der Waals surface area contributed by atoms with Gasteiger partial charge in [-0.1, -0.05) is 18.9 Å². The zero-order valence-electron chi connectivity index (χ0n) is 18.1. The molecule has 1 aliphatic carbocycles. The van der Waals surface area contributed by atoms with Gasteiger partial charge in [-0.15, -0.1) is 0 Å². The summed E-state index contributed by atoms with van der Waals surface area (Å²) in [5, 5.41) is 0. The number of fused-ring (bicyclic) bond motifs is 1. The number of amides is 1. The summed E-state index contributed by atoms with van der Waals surface area (Å²) in [6.07, 6.45) is 5.69. The van der Waals surface area contributed by atoms with Gasteiger partial charge in [0.25, 0.3) is 15.9 Å². The van der Waals surface area contributed by atoms with E-state index in [-0.39, 0.29) is 10.8 Å². The van der Waals surface area contributed by atoms with Crippen molar-refractivity contribution in [3.8, 4) is 5.75 Å². The maximum atomic E-state index is 13.2. The van der Waals surface area contributed by atoms with Crippen LogP contribution in [0.1, 0.15) is 54.9 Å². The second-order valence-corrected chi connectivity index (χ2v) is 10.1. The van der Waals surface area contributed by atoms with E-state index in [1.54, 1.807) is 43.3 Å². The number of nitrogens with one attached hydrogen (secondary N) is 1. The molecule has 6 nitrogen and oxygen atoms in total. The number of anilines is 1. The number of nitrogens with zero attached hydrogens (tertiary/aromatic N) is 1. The summed E-state index contributed by atoms with van der Waals surface area (Å²) >= 11 is 0. The Hall–Kier alpha value is -2.54. The van der Waals surface area contributed by atoms with Crippen LogP contribution >= 0.6 is 0 Å². The van der Waals surface area contributed by atoms with Crippen LogP contribution in [0, 0.1) is 12.8 Å². The third kappa shape index (κ3) is 4.56. The first-order valence-corrected chi connectivity index (χ1v) is 12.5. The van der Waals surface area contributed by atoms with Crippen LogP contribution in [0.4, 0.5) is 5.69 Å². The van der Waals surface area contributed by atoms with E-state index < -0.39 is 10.0 Å². The lowest BCUT2D eigenvalue weighted by atomic mass is 9.85. The predicted molar refractivity (Wildman–Crippen MR) is 121 cm³/mol. The molecule has 1 N–H and O–H groups in total. The Morgan fingerprint density at radius 1 is 1.10 bits per heavy atom. The normalized spacial score (nSPS) is 20.9. The van der Waals surface area contributed by atoms with Gasteiger partial charge in [0.1, 0.15) is 5.75 Å². The van der Waals surface area contributed by atoms with Gasteiger partial charge in [-0.2, -0.15) is 0 Å². The van der Waals surface area contributed by atoms with Gasteiger partial charge in [-0.05, 0) is 81.0 Å². The van der Waals surface area contributed by atoms with Crippen molar-refractivity contribution in [3.63, 3.8) is 0 Å². The Morgan fingerprint density at radius 3 is 2.58 bits per heavy atom. The van der Waals surface area contributed by atoms with Crippen molar-refractivity contribution in [2.45, 2.75) is 56.9 Å². The summed E-state index contributed by atoms with van der Waals surface area (Å²) in [6, 6.07) is 12.1. The lowest BCUT2D eigenvalue weighted by Crippen LogP contribution is -2.39. The van der Waals surface area contributed by atoms with E-state index in [9.17, 15) is 13.2 Å². The highest BCUT2D eigenvalue weighted by Crippen LogP contribution is 2.37. The van der Waals surface area contributed by atoms with E-state index in [1.165, 1.54) is 18.9 Å². The highest BCUT2D eigenvalue weighted by atomic mass is 32.2. The topological polar surface area (TPSA) is 75.7 Å². The maximum Gasteiger partial charge on any atom is 0.262 e. The van der Waals surface area contributed by atoms with Gasteiger partial charge in [0.05, 0.1) is 11.5 Å². The van der Waals surface area contributed by atoms with Gasteiger partial charge < -0.3 is 9.64 Å². The third-order valence-electron chi connectivity index (χ3n) is 6.41. The Morgan fingerprint density at radius 2 is 1.84 bits per heavy atom. The smallest absolute Gasteiger partial charge is 0.262 e. The molecule has 2 aromatic rings. The van der Waals surface area contributed by atoms with Crippen LogP contribution in [-0.2, 0) is 10.0 Å². The van der Waals surface area contributed by atoms with Crippen LogP contribution in [0.5, 0.6) is 5.75 Å². The van der Waals surface area contributed by atoms with Crippen molar-refractivity contribution < 1.29 is 17.9 Å². The Bertz CT molecular complexity index is 1050. The number of likely N-dealkylation sites (tertiary alicyclic amines) is 1. The van der Waals surface area contributed by atoms with E-state index in [1.807, 2.05) is 11.8 Å². The monoisotopic (exact) mass is 442 g/mol. The number of carbonyl (C=O) groups is 1. The van der Waals surface area contributed by atoms with Crippen LogP contribution in [0.2, 0.25) is 0 Å². The van der Waals surface area contributed by atoms with Crippen LogP contribution < -0.4 is 9.46 Å². The number of hydrogen-bond acceptors (Lipinski definition) is 4. The number of aryl methyl sites for hydroxylation is 1. The minimum Gasteiger partial charge on any atom is -0.494 e. The number of benzene rings is 2. The molecule has 2 unspecified atom stereocenters. The standard InChI is InChI=1S/C24H30N2O4S/c1-3-30-21-12-10-20(11-13-21)25-31(28,29)23-16-19(9-8-17(23)2)24(27)26-15-14-18-6-4-5-7-22(18)26/h8-13,16,18,22,25H,3-7,14-15H2,1-2H3. The lowest BCUT2D eigenvalue weighted by Gasteiger charge is -2.31. The van der Waals surface area contributed by atoms with E-state index in [0.29, 0.717) is 41.1 Å². The first kappa shape index (κ1) is 21.7. The van der Waals surface area contributed by atoms with Crippen LogP contribution in [0.25, 0.3) is 0 Å². The molecule has 2 aromatic carbocycles. The molecule has 4 rings (SSSR count). The summed E-state index contributed by atoms with van der Waals surface area (Å²) in [5.74, 6) is 1.21. The van der Waals surface area contributed by atoms with E-state index in [4.69, 9.17) is 4.74 Å². The second kappa shape index (κ2) is 8.91. The van der Waals surface area contributed by atoms with Gasteiger partial charge in [0.15, 0.2) is 0 Å². The van der Waals surface area contributed by atoms with E-state index in [0.717, 1.165) is 25.8 Å². The van der Waals surface area contributed by atoms with Crippen molar-refractivity contribution in [1.82, 2.24) is 4.90 Å². The molecule has 2 fully saturated rings. The molecule has 1 saturated carbocycles. The molecule has 31 heavy (non-hydrogen) atoms. The number of sulfonamides is 1. The van der Waals surface area contributed by atoms with Crippen molar-refractivity contribution in [2.24, 2.45) is 5.92 Å². The molecule has 7 heteroatoms. The number of ether oxygens (including phenoxy) is 1. The second-order valence-electron chi connectivity index (χ2n) is 8.44. The summed E-state index contributed by atoms with van der Waals surface area (Å²) in [4.78, 5) is 15.3. The summed E-state index contributed by atoms with van der Waals surface area (Å²) in [5.41, 5.74) is 1.49. The SMILES string of the molecule is CCOc1ccc(NS(=O)(=O)c2cc(C(=O)N3CCC4CCCCC43)ccc2C)cc1. The van der Waals surface area contributed by atoms with Crippen molar-refractivity contribution in [2.75, 3.05) is 17.9 Å². The zero-order valence-corrected chi connectivity index (χ0v) is 19.0. The summed E-state index contributed by atoms with van der Waals surface area (Å²) < 4.78 is 34.2. The predicted octanol–water partition coefficient (Wildman–Crippen LogP) is 4.60. The minimum atomic E-state index is -3.83. The van der Waals surface area contributed by atoms with Gasteiger partial charge in [0, 0.05) is 23.8 Å².